The summed E-state index contributed by atoms with van der Waals surface area (Å²) in [5, 5.41) is 9.88. The molecular formula is C16H30N2O2. The highest BCUT2D eigenvalue weighted by molar-refractivity contribution is 5.79. The van der Waals surface area contributed by atoms with E-state index in [2.05, 4.69) is 23.6 Å². The number of nitrogens with zero attached hydrogens (tertiary/aromatic N) is 2. The number of amides is 1. The Balaban J connectivity index is 1.79. The third-order valence-corrected chi connectivity index (χ3v) is 4.44. The van der Waals surface area contributed by atoms with Gasteiger partial charge < -0.3 is 10.0 Å². The van der Waals surface area contributed by atoms with Crippen molar-refractivity contribution in [3.63, 3.8) is 0 Å². The van der Waals surface area contributed by atoms with E-state index in [1.165, 1.54) is 12.8 Å². The number of aliphatic hydroxyl groups excluding tert-OH is 1. The van der Waals surface area contributed by atoms with Crippen molar-refractivity contribution in [2.45, 2.75) is 58.1 Å². The van der Waals surface area contributed by atoms with Gasteiger partial charge in [-0.2, -0.15) is 0 Å². The smallest absolute Gasteiger partial charge is 0.236 e. The molecule has 2 rings (SSSR count). The van der Waals surface area contributed by atoms with Crippen molar-refractivity contribution in [3.8, 4) is 0 Å². The van der Waals surface area contributed by atoms with Gasteiger partial charge in [-0.3, -0.25) is 9.69 Å². The Kier molecular flexibility index (Phi) is 5.44. The topological polar surface area (TPSA) is 43.8 Å². The predicted octanol–water partition coefficient (Wildman–Crippen LogP) is 1.73. The SMILES string of the molecule is CC(C)CN(C(=O)CN(C)CC1CCCC1O)C1CC1. The number of rotatable bonds is 7. The lowest BCUT2D eigenvalue weighted by atomic mass is 10.1. The summed E-state index contributed by atoms with van der Waals surface area (Å²) in [4.78, 5) is 16.6. The molecule has 2 aliphatic rings. The molecule has 2 saturated carbocycles. The first-order valence-corrected chi connectivity index (χ1v) is 8.13. The minimum atomic E-state index is -0.164. The second-order valence-corrected chi connectivity index (χ2v) is 7.13. The molecule has 2 atom stereocenters. The van der Waals surface area contributed by atoms with Gasteiger partial charge in [0.2, 0.25) is 5.91 Å². The maximum absolute atomic E-state index is 12.4. The van der Waals surface area contributed by atoms with E-state index in [0.717, 1.165) is 32.4 Å². The third-order valence-electron chi connectivity index (χ3n) is 4.44. The number of carbonyl (C=O) groups excluding carboxylic acids is 1. The number of hydrogen-bond acceptors (Lipinski definition) is 3. The molecule has 4 heteroatoms. The van der Waals surface area contributed by atoms with Crippen LogP contribution in [0, 0.1) is 11.8 Å². The Morgan fingerprint density at radius 2 is 1.95 bits per heavy atom. The molecule has 2 aliphatic carbocycles. The fourth-order valence-electron chi connectivity index (χ4n) is 3.25. The Hall–Kier alpha value is -0.610. The summed E-state index contributed by atoms with van der Waals surface area (Å²) in [5.74, 6) is 1.14. The van der Waals surface area contributed by atoms with Crippen LogP contribution >= 0.6 is 0 Å². The van der Waals surface area contributed by atoms with Gasteiger partial charge in [0, 0.05) is 19.1 Å². The zero-order valence-electron chi connectivity index (χ0n) is 13.2. The van der Waals surface area contributed by atoms with E-state index in [9.17, 15) is 9.90 Å². The number of carbonyl (C=O) groups is 1. The normalized spacial score (nSPS) is 26.5. The third kappa shape index (κ3) is 4.45. The fourth-order valence-corrected chi connectivity index (χ4v) is 3.25. The molecule has 0 aromatic heterocycles. The highest BCUT2D eigenvalue weighted by Crippen LogP contribution is 2.28. The maximum atomic E-state index is 12.4. The Labute approximate surface area is 123 Å². The monoisotopic (exact) mass is 282 g/mol. The van der Waals surface area contributed by atoms with Crippen molar-refractivity contribution in [1.29, 1.82) is 0 Å². The first kappa shape index (κ1) is 15.8. The molecule has 0 bridgehead atoms. The molecule has 4 nitrogen and oxygen atoms in total. The Morgan fingerprint density at radius 1 is 1.25 bits per heavy atom. The lowest BCUT2D eigenvalue weighted by Crippen LogP contribution is -2.43. The second kappa shape index (κ2) is 6.90. The van der Waals surface area contributed by atoms with Crippen molar-refractivity contribution in [2.75, 3.05) is 26.7 Å². The van der Waals surface area contributed by atoms with Gasteiger partial charge in [-0.1, -0.05) is 20.3 Å². The van der Waals surface area contributed by atoms with Gasteiger partial charge in [-0.15, -0.1) is 0 Å². The van der Waals surface area contributed by atoms with Crippen LogP contribution in [-0.4, -0.2) is 59.6 Å². The van der Waals surface area contributed by atoms with Gasteiger partial charge in [-0.25, -0.2) is 0 Å². The summed E-state index contributed by atoms with van der Waals surface area (Å²) < 4.78 is 0. The minimum Gasteiger partial charge on any atom is -0.393 e. The van der Waals surface area contributed by atoms with Crippen LogP contribution in [0.5, 0.6) is 0 Å². The van der Waals surface area contributed by atoms with Crippen LogP contribution < -0.4 is 0 Å². The fraction of sp³-hybridized carbons (Fsp3) is 0.938. The average Bonchev–Trinajstić information content (AvgIpc) is 3.12. The van der Waals surface area contributed by atoms with Crippen LogP contribution in [0.25, 0.3) is 0 Å². The number of likely N-dealkylation sites (N-methyl/N-ethyl adjacent to an activating group) is 1. The van der Waals surface area contributed by atoms with Gasteiger partial charge in [-0.05, 0) is 44.6 Å². The zero-order valence-corrected chi connectivity index (χ0v) is 13.2. The first-order chi connectivity index (χ1) is 9.47. The standard InChI is InChI=1S/C16H30N2O2/c1-12(2)9-18(14-7-8-14)16(20)11-17(3)10-13-5-4-6-15(13)19/h12-15,19H,4-11H2,1-3H3. The summed E-state index contributed by atoms with van der Waals surface area (Å²) in [7, 11) is 2.00. The summed E-state index contributed by atoms with van der Waals surface area (Å²) in [5.41, 5.74) is 0. The molecule has 116 valence electrons. The molecule has 0 saturated heterocycles. The first-order valence-electron chi connectivity index (χ1n) is 8.13. The molecule has 20 heavy (non-hydrogen) atoms. The summed E-state index contributed by atoms with van der Waals surface area (Å²) >= 11 is 0. The van der Waals surface area contributed by atoms with Crippen LogP contribution in [0.4, 0.5) is 0 Å². The highest BCUT2D eigenvalue weighted by atomic mass is 16.3. The van der Waals surface area contributed by atoms with E-state index in [4.69, 9.17) is 0 Å². The van der Waals surface area contributed by atoms with Crippen molar-refractivity contribution in [1.82, 2.24) is 9.80 Å². The van der Waals surface area contributed by atoms with Crippen LogP contribution in [0.15, 0.2) is 0 Å². The van der Waals surface area contributed by atoms with Crippen LogP contribution in [-0.2, 0) is 4.79 Å². The van der Waals surface area contributed by atoms with E-state index in [1.807, 2.05) is 7.05 Å². The van der Waals surface area contributed by atoms with Crippen LogP contribution in [0.3, 0.4) is 0 Å². The van der Waals surface area contributed by atoms with E-state index < -0.39 is 0 Å². The van der Waals surface area contributed by atoms with Crippen molar-refractivity contribution in [2.24, 2.45) is 11.8 Å². The van der Waals surface area contributed by atoms with Gasteiger partial charge in [0.25, 0.3) is 0 Å². The van der Waals surface area contributed by atoms with E-state index in [-0.39, 0.29) is 12.0 Å². The minimum absolute atomic E-state index is 0.164. The molecule has 0 aromatic rings. The summed E-state index contributed by atoms with van der Waals surface area (Å²) in [6.07, 6.45) is 5.32. The molecule has 0 aromatic carbocycles. The largest absolute Gasteiger partial charge is 0.393 e. The van der Waals surface area contributed by atoms with Gasteiger partial charge >= 0.3 is 0 Å². The van der Waals surface area contributed by atoms with Crippen molar-refractivity contribution in [3.05, 3.63) is 0 Å². The number of aliphatic hydroxyl groups is 1. The molecule has 0 radical (unpaired) electrons. The summed E-state index contributed by atoms with van der Waals surface area (Å²) in [6.45, 7) is 6.55. The summed E-state index contributed by atoms with van der Waals surface area (Å²) in [6, 6.07) is 0.496. The van der Waals surface area contributed by atoms with Crippen LogP contribution in [0.1, 0.15) is 46.0 Å². The zero-order chi connectivity index (χ0) is 14.7. The Morgan fingerprint density at radius 3 is 2.45 bits per heavy atom. The van der Waals surface area contributed by atoms with E-state index in [1.54, 1.807) is 0 Å². The highest BCUT2D eigenvalue weighted by Gasteiger charge is 2.33. The Bertz CT molecular complexity index is 328. The molecule has 1 amide bonds. The van der Waals surface area contributed by atoms with Crippen molar-refractivity contribution >= 4 is 5.91 Å². The second-order valence-electron chi connectivity index (χ2n) is 7.13. The molecule has 0 aliphatic heterocycles. The van der Waals surface area contributed by atoms with Gasteiger partial charge in [0.15, 0.2) is 0 Å². The molecule has 2 fully saturated rings. The predicted molar refractivity (Wildman–Crippen MR) is 80.4 cm³/mol. The molecule has 0 spiro atoms. The molecular weight excluding hydrogens is 252 g/mol. The van der Waals surface area contributed by atoms with Crippen LogP contribution in [0.2, 0.25) is 0 Å². The average molecular weight is 282 g/mol. The van der Waals surface area contributed by atoms with E-state index in [0.29, 0.717) is 24.4 Å². The molecule has 0 heterocycles. The lowest BCUT2D eigenvalue weighted by molar-refractivity contribution is -0.133. The molecule has 1 N–H and O–H groups in total. The lowest BCUT2D eigenvalue weighted by Gasteiger charge is -2.28. The maximum Gasteiger partial charge on any atom is 0.236 e. The quantitative estimate of drug-likeness (QED) is 0.773. The van der Waals surface area contributed by atoms with Crippen molar-refractivity contribution < 1.29 is 9.90 Å². The number of hydrogen-bond donors (Lipinski definition) is 1. The van der Waals surface area contributed by atoms with Gasteiger partial charge in [0.1, 0.15) is 0 Å². The van der Waals surface area contributed by atoms with E-state index >= 15 is 0 Å². The van der Waals surface area contributed by atoms with Gasteiger partial charge in [0.05, 0.1) is 12.6 Å². The molecule has 2 unspecified atom stereocenters.